The van der Waals surface area contributed by atoms with Crippen LogP contribution in [0.25, 0.3) is 5.78 Å². The molecule has 90 valence electrons. The summed E-state index contributed by atoms with van der Waals surface area (Å²) in [5, 5.41) is 0. The van der Waals surface area contributed by atoms with Gasteiger partial charge in [0.05, 0.1) is 5.69 Å². The SMILES string of the molecule is c1ccc(CSCc2cn3cccnc3n2)cc1. The van der Waals surface area contributed by atoms with Gasteiger partial charge in [-0.05, 0) is 11.6 Å². The van der Waals surface area contributed by atoms with Gasteiger partial charge >= 0.3 is 0 Å². The summed E-state index contributed by atoms with van der Waals surface area (Å²) in [5.74, 6) is 2.70. The van der Waals surface area contributed by atoms with E-state index in [9.17, 15) is 0 Å². The highest BCUT2D eigenvalue weighted by Crippen LogP contribution is 2.17. The first kappa shape index (κ1) is 11.3. The van der Waals surface area contributed by atoms with Crippen LogP contribution in [0.4, 0.5) is 0 Å². The molecule has 18 heavy (non-hydrogen) atoms. The second-order valence-electron chi connectivity index (χ2n) is 4.04. The Balaban J connectivity index is 1.63. The topological polar surface area (TPSA) is 30.2 Å². The summed E-state index contributed by atoms with van der Waals surface area (Å²) in [6, 6.07) is 12.4. The molecule has 0 radical (unpaired) electrons. The zero-order valence-electron chi connectivity index (χ0n) is 9.86. The van der Waals surface area contributed by atoms with E-state index in [2.05, 4.69) is 34.2 Å². The van der Waals surface area contributed by atoms with Crippen LogP contribution in [-0.2, 0) is 11.5 Å². The van der Waals surface area contributed by atoms with Gasteiger partial charge in [-0.1, -0.05) is 30.3 Å². The van der Waals surface area contributed by atoms with Crippen molar-refractivity contribution < 1.29 is 0 Å². The van der Waals surface area contributed by atoms with E-state index in [1.54, 1.807) is 6.20 Å². The van der Waals surface area contributed by atoms with Crippen LogP contribution in [0, 0.1) is 0 Å². The van der Waals surface area contributed by atoms with Crippen molar-refractivity contribution in [2.45, 2.75) is 11.5 Å². The molecular weight excluding hydrogens is 242 g/mol. The number of aromatic nitrogens is 3. The summed E-state index contributed by atoms with van der Waals surface area (Å²) in [6.07, 6.45) is 5.78. The normalized spacial score (nSPS) is 10.9. The van der Waals surface area contributed by atoms with Crippen LogP contribution in [-0.4, -0.2) is 14.4 Å². The van der Waals surface area contributed by atoms with Gasteiger partial charge in [0.15, 0.2) is 0 Å². The number of hydrogen-bond acceptors (Lipinski definition) is 3. The second kappa shape index (κ2) is 5.23. The van der Waals surface area contributed by atoms with Crippen molar-refractivity contribution in [2.75, 3.05) is 0 Å². The van der Waals surface area contributed by atoms with Crippen LogP contribution in [0.3, 0.4) is 0 Å². The van der Waals surface area contributed by atoms with Crippen LogP contribution in [0.2, 0.25) is 0 Å². The first-order chi connectivity index (χ1) is 8.92. The molecular formula is C14H13N3S. The minimum absolute atomic E-state index is 0.771. The van der Waals surface area contributed by atoms with Crippen molar-refractivity contribution in [1.29, 1.82) is 0 Å². The molecule has 3 aromatic rings. The highest BCUT2D eigenvalue weighted by atomic mass is 32.2. The van der Waals surface area contributed by atoms with Crippen molar-refractivity contribution in [2.24, 2.45) is 0 Å². The van der Waals surface area contributed by atoms with Gasteiger partial charge in [0.2, 0.25) is 5.78 Å². The number of nitrogens with zero attached hydrogens (tertiary/aromatic N) is 3. The molecule has 4 heteroatoms. The van der Waals surface area contributed by atoms with Gasteiger partial charge in [-0.25, -0.2) is 9.97 Å². The Hall–Kier alpha value is -1.81. The second-order valence-corrected chi connectivity index (χ2v) is 5.02. The number of hydrogen-bond donors (Lipinski definition) is 0. The molecule has 2 heterocycles. The van der Waals surface area contributed by atoms with E-state index < -0.39 is 0 Å². The van der Waals surface area contributed by atoms with Gasteiger partial charge in [-0.15, -0.1) is 0 Å². The lowest BCUT2D eigenvalue weighted by atomic mass is 10.2. The van der Waals surface area contributed by atoms with Gasteiger partial charge in [-0.3, -0.25) is 4.40 Å². The molecule has 0 saturated heterocycles. The molecule has 0 saturated carbocycles. The van der Waals surface area contributed by atoms with Crippen LogP contribution >= 0.6 is 11.8 Å². The molecule has 0 aliphatic carbocycles. The summed E-state index contributed by atoms with van der Waals surface area (Å²) in [6.45, 7) is 0. The van der Waals surface area contributed by atoms with Crippen LogP contribution in [0.5, 0.6) is 0 Å². The van der Waals surface area contributed by atoms with Crippen molar-refractivity contribution in [3.8, 4) is 0 Å². The molecule has 0 bridgehead atoms. The average Bonchev–Trinajstić information content (AvgIpc) is 2.82. The molecule has 0 fully saturated rings. The van der Waals surface area contributed by atoms with E-state index in [-0.39, 0.29) is 0 Å². The fraction of sp³-hybridized carbons (Fsp3) is 0.143. The molecule has 0 atom stereocenters. The molecule has 1 aromatic carbocycles. The van der Waals surface area contributed by atoms with E-state index in [4.69, 9.17) is 0 Å². The van der Waals surface area contributed by atoms with E-state index in [1.165, 1.54) is 5.56 Å². The maximum absolute atomic E-state index is 4.47. The Kier molecular flexibility index (Phi) is 3.28. The molecule has 2 aromatic heterocycles. The highest BCUT2D eigenvalue weighted by molar-refractivity contribution is 7.97. The summed E-state index contributed by atoms with van der Waals surface area (Å²) < 4.78 is 1.96. The quantitative estimate of drug-likeness (QED) is 0.717. The summed E-state index contributed by atoms with van der Waals surface area (Å²) in [7, 11) is 0. The molecule has 0 unspecified atom stereocenters. The smallest absolute Gasteiger partial charge is 0.233 e. The van der Waals surface area contributed by atoms with Gasteiger partial charge in [-0.2, -0.15) is 11.8 Å². The predicted molar refractivity (Wildman–Crippen MR) is 74.4 cm³/mol. The van der Waals surface area contributed by atoms with Crippen LogP contribution in [0.15, 0.2) is 55.0 Å². The number of rotatable bonds is 4. The monoisotopic (exact) mass is 255 g/mol. The fourth-order valence-electron chi connectivity index (χ4n) is 1.80. The van der Waals surface area contributed by atoms with Crippen molar-refractivity contribution >= 4 is 17.5 Å². The first-order valence-corrected chi connectivity index (χ1v) is 6.97. The van der Waals surface area contributed by atoms with Crippen LogP contribution < -0.4 is 0 Å². The lowest BCUT2D eigenvalue weighted by molar-refractivity contribution is 1.11. The van der Waals surface area contributed by atoms with Gasteiger partial charge in [0, 0.05) is 30.1 Å². The van der Waals surface area contributed by atoms with E-state index >= 15 is 0 Å². The maximum atomic E-state index is 4.47. The molecule has 0 spiro atoms. The largest absolute Gasteiger partial charge is 0.291 e. The molecule has 0 aliphatic rings. The third-order valence-corrected chi connectivity index (χ3v) is 3.68. The number of imidazole rings is 1. The minimum Gasteiger partial charge on any atom is -0.291 e. The predicted octanol–water partition coefficient (Wildman–Crippen LogP) is 3.16. The Labute approximate surface area is 110 Å². The van der Waals surface area contributed by atoms with E-state index in [0.717, 1.165) is 23.0 Å². The Morgan fingerprint density at radius 1 is 1.06 bits per heavy atom. The minimum atomic E-state index is 0.771. The lowest BCUT2D eigenvalue weighted by Crippen LogP contribution is -1.83. The van der Waals surface area contributed by atoms with Crippen molar-refractivity contribution in [3.05, 3.63) is 66.2 Å². The molecule has 3 nitrogen and oxygen atoms in total. The van der Waals surface area contributed by atoms with Gasteiger partial charge in [0.1, 0.15) is 0 Å². The standard InChI is InChI=1S/C14H13N3S/c1-2-5-12(6-3-1)10-18-11-13-9-17-8-4-7-15-14(17)16-13/h1-9H,10-11H2. The van der Waals surface area contributed by atoms with Crippen LogP contribution in [0.1, 0.15) is 11.3 Å². The van der Waals surface area contributed by atoms with E-state index in [0.29, 0.717) is 0 Å². The molecule has 0 aliphatic heterocycles. The maximum Gasteiger partial charge on any atom is 0.233 e. The number of thioether (sulfide) groups is 1. The number of fused-ring (bicyclic) bond motifs is 1. The zero-order chi connectivity index (χ0) is 12.2. The van der Waals surface area contributed by atoms with Crippen molar-refractivity contribution in [1.82, 2.24) is 14.4 Å². The third kappa shape index (κ3) is 2.54. The first-order valence-electron chi connectivity index (χ1n) is 5.82. The Morgan fingerprint density at radius 3 is 2.78 bits per heavy atom. The summed E-state index contributed by atoms with van der Waals surface area (Å²) in [5.41, 5.74) is 2.43. The molecule has 0 amide bonds. The fourth-order valence-corrected chi connectivity index (χ4v) is 2.68. The summed E-state index contributed by atoms with van der Waals surface area (Å²) in [4.78, 5) is 8.69. The van der Waals surface area contributed by atoms with Crippen molar-refractivity contribution in [3.63, 3.8) is 0 Å². The average molecular weight is 255 g/mol. The molecule has 0 N–H and O–H groups in total. The third-order valence-electron chi connectivity index (χ3n) is 2.65. The number of benzene rings is 1. The van der Waals surface area contributed by atoms with Gasteiger partial charge in [0.25, 0.3) is 0 Å². The van der Waals surface area contributed by atoms with E-state index in [1.807, 2.05) is 40.7 Å². The zero-order valence-corrected chi connectivity index (χ0v) is 10.7. The Morgan fingerprint density at radius 2 is 1.94 bits per heavy atom. The molecule has 3 rings (SSSR count). The summed E-state index contributed by atoms with van der Waals surface area (Å²) >= 11 is 1.87. The lowest BCUT2D eigenvalue weighted by Gasteiger charge is -1.99. The Bertz CT molecular complexity index is 601. The highest BCUT2D eigenvalue weighted by Gasteiger charge is 2.02. The van der Waals surface area contributed by atoms with Gasteiger partial charge < -0.3 is 0 Å².